The second kappa shape index (κ2) is 15.1. The summed E-state index contributed by atoms with van der Waals surface area (Å²) in [6.07, 6.45) is 2.06. The molecular formula is C40H53N3O7. The first kappa shape index (κ1) is 37.3. The number of aliphatic hydroxyl groups is 1. The van der Waals surface area contributed by atoms with Gasteiger partial charge < -0.3 is 34.1 Å². The molecule has 2 N–H and O–H groups in total. The zero-order chi connectivity index (χ0) is 36.4. The lowest BCUT2D eigenvalue weighted by atomic mass is 9.92. The number of ether oxygens (including phenoxy) is 4. The summed E-state index contributed by atoms with van der Waals surface area (Å²) in [5, 5.41) is 20.2. The van der Waals surface area contributed by atoms with Crippen LogP contribution in [0.3, 0.4) is 0 Å². The molecule has 0 bridgehead atoms. The van der Waals surface area contributed by atoms with Crippen molar-refractivity contribution in [1.82, 2.24) is 9.38 Å². The molecule has 1 aliphatic heterocycles. The van der Waals surface area contributed by atoms with Crippen LogP contribution < -0.4 is 4.90 Å². The Kier molecular flexibility index (Phi) is 11.3. The topological polar surface area (TPSA) is 115 Å². The van der Waals surface area contributed by atoms with Crippen LogP contribution in [0.5, 0.6) is 5.75 Å². The van der Waals surface area contributed by atoms with Gasteiger partial charge in [0.25, 0.3) is 0 Å². The summed E-state index contributed by atoms with van der Waals surface area (Å²) in [6.45, 7) is 18.1. The van der Waals surface area contributed by atoms with Crippen LogP contribution in [0.15, 0.2) is 48.7 Å². The number of aryl methyl sites for hydroxylation is 2. The minimum atomic E-state index is -0.965. The third-order valence-electron chi connectivity index (χ3n) is 9.41. The zero-order valence-electron chi connectivity index (χ0n) is 31.0. The van der Waals surface area contributed by atoms with E-state index in [4.69, 9.17) is 23.9 Å². The van der Waals surface area contributed by atoms with E-state index in [1.807, 2.05) is 84.1 Å². The normalized spacial score (nSPS) is 16.1. The zero-order valence-corrected chi connectivity index (χ0v) is 31.0. The van der Waals surface area contributed by atoms with Crippen molar-refractivity contribution in [2.24, 2.45) is 0 Å². The largest absolute Gasteiger partial charge is 0.507 e. The molecule has 0 amide bonds. The van der Waals surface area contributed by atoms with Crippen LogP contribution in [0.1, 0.15) is 75.8 Å². The standard InChI is InChI=1S/C40H53N3O7/c1-25-13-14-31(33(45)21-25)29-11-10-12-30(22-29)32-23-43-36(41-32)28(4)27(3)34(35(38(46)47-9)50-39(5,6)7)37(43)42-17-15-40(8,16-18-42)49-20-19-48-24-26(2)44/h10-14,21-23,26,35,44-45H,15-20,24H2,1-9H3/t26-,35+/m1/s1. The summed E-state index contributed by atoms with van der Waals surface area (Å²) in [6, 6.07) is 13.7. The number of carbonyl (C=O) groups is 1. The molecule has 0 unspecified atom stereocenters. The fourth-order valence-electron chi connectivity index (χ4n) is 6.60. The van der Waals surface area contributed by atoms with Crippen LogP contribution in [0, 0.1) is 20.8 Å². The summed E-state index contributed by atoms with van der Waals surface area (Å²) in [4.78, 5) is 21.0. The molecule has 4 aromatic rings. The highest BCUT2D eigenvalue weighted by Gasteiger charge is 2.38. The van der Waals surface area contributed by atoms with Gasteiger partial charge >= 0.3 is 5.97 Å². The summed E-state index contributed by atoms with van der Waals surface area (Å²) >= 11 is 0. The molecule has 1 saturated heterocycles. The van der Waals surface area contributed by atoms with Gasteiger partial charge in [0.05, 0.1) is 49.9 Å². The molecule has 5 rings (SSSR count). The van der Waals surface area contributed by atoms with Crippen LogP contribution in [0.4, 0.5) is 5.82 Å². The van der Waals surface area contributed by atoms with Crippen molar-refractivity contribution in [3.8, 4) is 28.1 Å². The number of esters is 1. The molecule has 10 nitrogen and oxygen atoms in total. The Morgan fingerprint density at radius 2 is 1.72 bits per heavy atom. The molecule has 2 aromatic heterocycles. The molecule has 0 radical (unpaired) electrons. The molecule has 0 saturated carbocycles. The number of anilines is 1. The quantitative estimate of drug-likeness (QED) is 0.119. The fraction of sp³-hybridized carbons (Fsp3) is 0.500. The summed E-state index contributed by atoms with van der Waals surface area (Å²) in [5.74, 6) is 0.615. The first-order valence-corrected chi connectivity index (χ1v) is 17.4. The van der Waals surface area contributed by atoms with E-state index < -0.39 is 23.8 Å². The second-order valence-electron chi connectivity index (χ2n) is 14.8. The lowest BCUT2D eigenvalue weighted by molar-refractivity contribution is -0.164. The van der Waals surface area contributed by atoms with E-state index in [0.717, 1.165) is 68.9 Å². The van der Waals surface area contributed by atoms with Crippen molar-refractivity contribution in [3.63, 3.8) is 0 Å². The number of aromatic nitrogens is 2. The van der Waals surface area contributed by atoms with Crippen molar-refractivity contribution in [2.75, 3.05) is 44.9 Å². The van der Waals surface area contributed by atoms with E-state index in [-0.39, 0.29) is 18.0 Å². The number of methoxy groups -OCH3 is 1. The van der Waals surface area contributed by atoms with Crippen LogP contribution >= 0.6 is 0 Å². The maximum atomic E-state index is 13.5. The number of phenols is 1. The smallest absolute Gasteiger partial charge is 0.339 e. The highest BCUT2D eigenvalue weighted by atomic mass is 16.6. The number of hydrogen-bond donors (Lipinski definition) is 2. The van der Waals surface area contributed by atoms with Gasteiger partial charge in [-0.3, -0.25) is 4.40 Å². The average Bonchev–Trinajstić information content (AvgIpc) is 3.50. The number of benzene rings is 2. The van der Waals surface area contributed by atoms with Crippen LogP contribution in [-0.4, -0.2) is 82.9 Å². The number of imidazole rings is 1. The molecule has 50 heavy (non-hydrogen) atoms. The summed E-state index contributed by atoms with van der Waals surface area (Å²) < 4.78 is 25.8. The van der Waals surface area contributed by atoms with Gasteiger partial charge in [0.15, 0.2) is 6.10 Å². The van der Waals surface area contributed by atoms with E-state index in [1.54, 1.807) is 13.0 Å². The van der Waals surface area contributed by atoms with Gasteiger partial charge in [-0.2, -0.15) is 0 Å². The third-order valence-corrected chi connectivity index (χ3v) is 9.41. The summed E-state index contributed by atoms with van der Waals surface area (Å²) in [7, 11) is 1.39. The summed E-state index contributed by atoms with van der Waals surface area (Å²) in [5.41, 5.74) is 6.74. The minimum absolute atomic E-state index is 0.233. The minimum Gasteiger partial charge on any atom is -0.507 e. The molecule has 2 aromatic carbocycles. The lowest BCUT2D eigenvalue weighted by Crippen LogP contribution is -2.46. The van der Waals surface area contributed by atoms with Gasteiger partial charge in [0.2, 0.25) is 0 Å². The SMILES string of the molecule is COC(=O)[C@@H](OC(C)(C)C)c1c(C)c(C)c2nc(-c3cccc(-c4ccc(C)cc4O)c3)cn2c1N1CCC(C)(OCCOC[C@@H](C)O)CC1. The highest BCUT2D eigenvalue weighted by molar-refractivity contribution is 5.82. The van der Waals surface area contributed by atoms with Crippen LogP contribution in [-0.2, 0) is 23.7 Å². The number of hydrogen-bond acceptors (Lipinski definition) is 9. The molecule has 0 spiro atoms. The van der Waals surface area contributed by atoms with Crippen LogP contribution in [0.25, 0.3) is 28.0 Å². The maximum Gasteiger partial charge on any atom is 0.339 e. The molecule has 3 heterocycles. The molecule has 2 atom stereocenters. The number of aliphatic hydroxyl groups excluding tert-OH is 1. The molecule has 1 aliphatic rings. The number of aromatic hydroxyl groups is 1. The molecule has 10 heteroatoms. The average molecular weight is 688 g/mol. The van der Waals surface area contributed by atoms with Crippen molar-refractivity contribution in [3.05, 3.63) is 70.9 Å². The first-order valence-electron chi connectivity index (χ1n) is 17.4. The van der Waals surface area contributed by atoms with Crippen molar-refractivity contribution < 1.29 is 34.0 Å². The van der Waals surface area contributed by atoms with Gasteiger partial charge in [-0.25, -0.2) is 9.78 Å². The van der Waals surface area contributed by atoms with Crippen molar-refractivity contribution in [1.29, 1.82) is 0 Å². The fourth-order valence-corrected chi connectivity index (χ4v) is 6.60. The third kappa shape index (κ3) is 8.32. The second-order valence-corrected chi connectivity index (χ2v) is 14.8. The molecular weight excluding hydrogens is 634 g/mol. The van der Waals surface area contributed by atoms with Gasteiger partial charge in [0, 0.05) is 36.0 Å². The van der Waals surface area contributed by atoms with Gasteiger partial charge in [0.1, 0.15) is 17.2 Å². The van der Waals surface area contributed by atoms with E-state index >= 15 is 0 Å². The Balaban J connectivity index is 1.59. The van der Waals surface area contributed by atoms with E-state index in [2.05, 4.69) is 16.2 Å². The highest BCUT2D eigenvalue weighted by Crippen LogP contribution is 2.41. The molecule has 0 aliphatic carbocycles. The Bertz CT molecular complexity index is 1820. The number of carbonyl (C=O) groups excluding carboxylic acids is 1. The number of fused-ring (bicyclic) bond motifs is 1. The van der Waals surface area contributed by atoms with Gasteiger partial charge in [-0.1, -0.05) is 30.3 Å². The predicted octanol–water partition coefficient (Wildman–Crippen LogP) is 7.10. The number of pyridine rings is 1. The van der Waals surface area contributed by atoms with E-state index in [9.17, 15) is 15.0 Å². The Morgan fingerprint density at radius 3 is 2.36 bits per heavy atom. The first-order chi connectivity index (χ1) is 23.6. The Hall–Kier alpha value is -3.96. The van der Waals surface area contributed by atoms with E-state index in [1.165, 1.54) is 7.11 Å². The molecule has 1 fully saturated rings. The number of nitrogens with zero attached hydrogens (tertiary/aromatic N) is 3. The van der Waals surface area contributed by atoms with Gasteiger partial charge in [-0.15, -0.1) is 0 Å². The number of rotatable bonds is 12. The molecule has 270 valence electrons. The number of phenolic OH excluding ortho intramolecular Hbond substituents is 1. The van der Waals surface area contributed by atoms with E-state index in [0.29, 0.717) is 26.3 Å². The van der Waals surface area contributed by atoms with Crippen molar-refractivity contribution >= 4 is 17.4 Å². The lowest BCUT2D eigenvalue weighted by Gasteiger charge is -2.42. The Morgan fingerprint density at radius 1 is 1.02 bits per heavy atom. The Labute approximate surface area is 296 Å². The maximum absolute atomic E-state index is 13.5. The van der Waals surface area contributed by atoms with Gasteiger partial charge in [-0.05, 0) is 103 Å². The number of piperidine rings is 1. The van der Waals surface area contributed by atoms with Crippen LogP contribution in [0.2, 0.25) is 0 Å². The van der Waals surface area contributed by atoms with Crippen molar-refractivity contribution in [2.45, 2.75) is 91.6 Å². The monoisotopic (exact) mass is 687 g/mol. The predicted molar refractivity (Wildman–Crippen MR) is 196 cm³/mol.